The number of amides is 4. The number of anilines is 1. The summed E-state index contributed by atoms with van der Waals surface area (Å²) in [5.74, 6) is 0. The summed E-state index contributed by atoms with van der Waals surface area (Å²) in [6.45, 7) is 1.95. The number of aryl methyl sites for hydroxylation is 1. The van der Waals surface area contributed by atoms with Gasteiger partial charge in [-0.2, -0.15) is 0 Å². The van der Waals surface area contributed by atoms with E-state index in [1.54, 1.807) is 12.1 Å². The maximum absolute atomic E-state index is 11.8. The first-order valence-electron chi connectivity index (χ1n) is 5.12. The SMILES string of the molecule is CSC1NC(=O)N(c2ccc(C)cc2)C(=O)N1. The van der Waals surface area contributed by atoms with E-state index in [9.17, 15) is 9.59 Å². The molecule has 90 valence electrons. The molecule has 1 heterocycles. The van der Waals surface area contributed by atoms with Crippen LogP contribution in [0, 0.1) is 6.92 Å². The Kier molecular flexibility index (Phi) is 3.23. The second-order valence-electron chi connectivity index (χ2n) is 3.69. The number of nitrogens with zero attached hydrogens (tertiary/aromatic N) is 1. The van der Waals surface area contributed by atoms with Gasteiger partial charge >= 0.3 is 12.1 Å². The largest absolute Gasteiger partial charge is 0.332 e. The van der Waals surface area contributed by atoms with E-state index in [1.807, 2.05) is 25.3 Å². The summed E-state index contributed by atoms with van der Waals surface area (Å²) >= 11 is 1.36. The van der Waals surface area contributed by atoms with Crippen molar-refractivity contribution in [3.05, 3.63) is 29.8 Å². The van der Waals surface area contributed by atoms with Crippen LogP contribution in [-0.2, 0) is 0 Å². The van der Waals surface area contributed by atoms with Gasteiger partial charge in [0.15, 0.2) is 5.50 Å². The minimum absolute atomic E-state index is 0.364. The molecule has 0 radical (unpaired) electrons. The summed E-state index contributed by atoms with van der Waals surface area (Å²) in [5.41, 5.74) is 1.27. The maximum Gasteiger partial charge on any atom is 0.332 e. The van der Waals surface area contributed by atoms with Crippen LogP contribution < -0.4 is 15.5 Å². The highest BCUT2D eigenvalue weighted by Crippen LogP contribution is 2.18. The number of rotatable bonds is 2. The van der Waals surface area contributed by atoms with Crippen LogP contribution in [0.5, 0.6) is 0 Å². The van der Waals surface area contributed by atoms with Crippen molar-refractivity contribution in [3.63, 3.8) is 0 Å². The molecular weight excluding hydrogens is 238 g/mol. The standard InChI is InChI=1S/C11H13N3O2S/c1-7-3-5-8(6-4-7)14-10(15)12-9(17-2)13-11(14)16/h3-6,9H,1-2H3,(H,12,15)(H,13,16). The third-order valence-corrected chi connectivity index (χ3v) is 3.15. The molecule has 0 aromatic heterocycles. The molecule has 17 heavy (non-hydrogen) atoms. The van der Waals surface area contributed by atoms with E-state index in [4.69, 9.17) is 0 Å². The molecule has 2 rings (SSSR count). The van der Waals surface area contributed by atoms with E-state index < -0.39 is 12.1 Å². The first-order chi connectivity index (χ1) is 8.11. The first-order valence-corrected chi connectivity index (χ1v) is 6.41. The Hall–Kier alpha value is -1.69. The Morgan fingerprint density at radius 1 is 1.12 bits per heavy atom. The second kappa shape index (κ2) is 4.67. The molecule has 0 aliphatic carbocycles. The number of imide groups is 1. The van der Waals surface area contributed by atoms with Gasteiger partial charge in [0.05, 0.1) is 5.69 Å². The smallest absolute Gasteiger partial charge is 0.308 e. The lowest BCUT2D eigenvalue weighted by Gasteiger charge is -2.31. The van der Waals surface area contributed by atoms with Crippen molar-refractivity contribution in [2.45, 2.75) is 12.4 Å². The van der Waals surface area contributed by atoms with Crippen molar-refractivity contribution < 1.29 is 9.59 Å². The Bertz CT molecular complexity index is 429. The highest BCUT2D eigenvalue weighted by Gasteiger charge is 2.31. The topological polar surface area (TPSA) is 61.4 Å². The van der Waals surface area contributed by atoms with Crippen LogP contribution in [0.25, 0.3) is 0 Å². The molecule has 1 aliphatic heterocycles. The highest BCUT2D eigenvalue weighted by molar-refractivity contribution is 7.99. The molecule has 0 bridgehead atoms. The Morgan fingerprint density at radius 2 is 1.65 bits per heavy atom. The third kappa shape index (κ3) is 2.36. The summed E-state index contributed by atoms with van der Waals surface area (Å²) in [4.78, 5) is 24.7. The second-order valence-corrected chi connectivity index (χ2v) is 4.63. The zero-order valence-electron chi connectivity index (χ0n) is 9.56. The van der Waals surface area contributed by atoms with E-state index in [0.29, 0.717) is 5.69 Å². The molecule has 0 saturated carbocycles. The summed E-state index contributed by atoms with van der Waals surface area (Å²) in [7, 11) is 0. The molecule has 0 spiro atoms. The van der Waals surface area contributed by atoms with Gasteiger partial charge < -0.3 is 10.6 Å². The number of nitrogens with one attached hydrogen (secondary N) is 2. The molecule has 1 saturated heterocycles. The summed E-state index contributed by atoms with van der Waals surface area (Å²) in [5, 5.41) is 5.36. The number of urea groups is 2. The average Bonchev–Trinajstić information content (AvgIpc) is 2.30. The molecule has 1 aromatic rings. The van der Waals surface area contributed by atoms with E-state index in [0.717, 1.165) is 10.5 Å². The predicted molar refractivity (Wildman–Crippen MR) is 68.0 cm³/mol. The van der Waals surface area contributed by atoms with Gasteiger partial charge in [-0.05, 0) is 25.3 Å². The van der Waals surface area contributed by atoms with Crippen molar-refractivity contribution in [2.75, 3.05) is 11.2 Å². The van der Waals surface area contributed by atoms with Crippen LogP contribution in [0.4, 0.5) is 15.3 Å². The van der Waals surface area contributed by atoms with Crippen molar-refractivity contribution >= 4 is 29.5 Å². The molecule has 1 aliphatic rings. The number of carbonyl (C=O) groups is 2. The molecule has 1 aromatic carbocycles. The first kappa shape index (κ1) is 11.8. The van der Waals surface area contributed by atoms with Gasteiger partial charge in [-0.15, -0.1) is 11.8 Å². The molecule has 0 atom stereocenters. The van der Waals surface area contributed by atoms with Crippen molar-refractivity contribution in [1.29, 1.82) is 0 Å². The normalized spacial score (nSPS) is 16.7. The number of benzene rings is 1. The molecule has 2 N–H and O–H groups in total. The van der Waals surface area contributed by atoms with Crippen LogP contribution in [0.3, 0.4) is 0 Å². The van der Waals surface area contributed by atoms with E-state index in [2.05, 4.69) is 10.6 Å². The Balaban J connectivity index is 2.24. The lowest BCUT2D eigenvalue weighted by molar-refractivity contribution is 0.224. The lowest BCUT2D eigenvalue weighted by Crippen LogP contribution is -2.62. The van der Waals surface area contributed by atoms with Crippen LogP contribution >= 0.6 is 11.8 Å². The van der Waals surface area contributed by atoms with Crippen molar-refractivity contribution in [1.82, 2.24) is 10.6 Å². The van der Waals surface area contributed by atoms with Crippen molar-refractivity contribution in [2.24, 2.45) is 0 Å². The van der Waals surface area contributed by atoms with Crippen LogP contribution in [0.15, 0.2) is 24.3 Å². The van der Waals surface area contributed by atoms with Gasteiger partial charge in [-0.25, -0.2) is 14.5 Å². The summed E-state index contributed by atoms with van der Waals surface area (Å²) < 4.78 is 0. The van der Waals surface area contributed by atoms with Gasteiger partial charge in [0, 0.05) is 0 Å². The fraction of sp³-hybridized carbons (Fsp3) is 0.273. The molecule has 0 unspecified atom stereocenters. The molecule has 1 fully saturated rings. The molecular formula is C11H13N3O2S. The van der Waals surface area contributed by atoms with Gasteiger partial charge in [0.1, 0.15) is 0 Å². The maximum atomic E-state index is 11.8. The average molecular weight is 251 g/mol. The Labute approximate surface area is 104 Å². The number of hydrogen-bond donors (Lipinski definition) is 2. The van der Waals surface area contributed by atoms with Crippen LogP contribution in [0.1, 0.15) is 5.56 Å². The molecule has 6 heteroatoms. The van der Waals surface area contributed by atoms with Crippen LogP contribution in [-0.4, -0.2) is 23.8 Å². The predicted octanol–water partition coefficient (Wildman–Crippen LogP) is 1.88. The quantitative estimate of drug-likeness (QED) is 0.843. The minimum Gasteiger partial charge on any atom is -0.308 e. The Morgan fingerprint density at radius 3 is 2.12 bits per heavy atom. The number of carbonyl (C=O) groups excluding carboxylic acids is 2. The lowest BCUT2D eigenvalue weighted by atomic mass is 10.2. The van der Waals surface area contributed by atoms with Crippen molar-refractivity contribution in [3.8, 4) is 0 Å². The van der Waals surface area contributed by atoms with Gasteiger partial charge in [-0.3, -0.25) is 0 Å². The highest BCUT2D eigenvalue weighted by atomic mass is 32.2. The minimum atomic E-state index is -0.406. The molecule has 5 nitrogen and oxygen atoms in total. The number of thioether (sulfide) groups is 1. The summed E-state index contributed by atoms with van der Waals surface area (Å²) in [6, 6.07) is 6.39. The summed E-state index contributed by atoms with van der Waals surface area (Å²) in [6.07, 6.45) is 1.81. The molecule has 4 amide bonds. The van der Waals surface area contributed by atoms with E-state index in [-0.39, 0.29) is 5.50 Å². The monoisotopic (exact) mass is 251 g/mol. The third-order valence-electron chi connectivity index (χ3n) is 2.44. The zero-order valence-corrected chi connectivity index (χ0v) is 10.4. The fourth-order valence-corrected chi connectivity index (χ4v) is 1.97. The van der Waals surface area contributed by atoms with E-state index >= 15 is 0 Å². The van der Waals surface area contributed by atoms with Gasteiger partial charge in [-0.1, -0.05) is 17.7 Å². The number of hydrogen-bond acceptors (Lipinski definition) is 3. The van der Waals surface area contributed by atoms with Gasteiger partial charge in [0.2, 0.25) is 0 Å². The zero-order chi connectivity index (χ0) is 12.4. The van der Waals surface area contributed by atoms with Gasteiger partial charge in [0.25, 0.3) is 0 Å². The van der Waals surface area contributed by atoms with Crippen LogP contribution in [0.2, 0.25) is 0 Å². The fourth-order valence-electron chi connectivity index (χ4n) is 1.53. The van der Waals surface area contributed by atoms with E-state index in [1.165, 1.54) is 11.8 Å².